The lowest BCUT2D eigenvalue weighted by Gasteiger charge is -2.17. The van der Waals surface area contributed by atoms with E-state index in [1.165, 1.54) is 10.8 Å². The fourth-order valence-corrected chi connectivity index (χ4v) is 3.25. The highest BCUT2D eigenvalue weighted by molar-refractivity contribution is 5.77. The molecule has 2 heterocycles. The lowest BCUT2D eigenvalue weighted by atomic mass is 10.2. The Morgan fingerprint density at radius 1 is 1.07 bits per heavy atom. The van der Waals surface area contributed by atoms with E-state index >= 15 is 0 Å². The van der Waals surface area contributed by atoms with Crippen molar-refractivity contribution < 1.29 is 9.53 Å². The fraction of sp³-hybridized carbons (Fsp3) is 0.182. The summed E-state index contributed by atoms with van der Waals surface area (Å²) in [5.41, 5.74) is 1.83. The van der Waals surface area contributed by atoms with Gasteiger partial charge in [-0.3, -0.25) is 9.36 Å². The van der Waals surface area contributed by atoms with E-state index in [4.69, 9.17) is 4.74 Å². The predicted molar refractivity (Wildman–Crippen MR) is 109 cm³/mol. The van der Waals surface area contributed by atoms with Gasteiger partial charge in [-0.2, -0.15) is 5.10 Å². The minimum atomic E-state index is -0.803. The minimum Gasteiger partial charge on any atom is -0.459 e. The van der Waals surface area contributed by atoms with Gasteiger partial charge in [0.2, 0.25) is 0 Å². The molecule has 0 aliphatic carbocycles. The van der Waals surface area contributed by atoms with Crippen LogP contribution >= 0.6 is 0 Å². The van der Waals surface area contributed by atoms with Crippen molar-refractivity contribution in [3.8, 4) is 5.69 Å². The van der Waals surface area contributed by atoms with Crippen LogP contribution in [0.1, 0.15) is 24.4 Å². The Kier molecular flexibility index (Phi) is 4.95. The molecule has 7 heteroatoms. The molecule has 0 amide bonds. The van der Waals surface area contributed by atoms with Crippen LogP contribution in [0.25, 0.3) is 16.7 Å². The van der Waals surface area contributed by atoms with Crippen molar-refractivity contribution in [3.63, 3.8) is 0 Å². The lowest BCUT2D eigenvalue weighted by molar-refractivity contribution is -0.148. The highest BCUT2D eigenvalue weighted by Gasteiger charge is 2.23. The van der Waals surface area contributed by atoms with Gasteiger partial charge in [0.1, 0.15) is 23.9 Å². The summed E-state index contributed by atoms with van der Waals surface area (Å²) >= 11 is 0. The van der Waals surface area contributed by atoms with E-state index in [0.29, 0.717) is 16.9 Å². The molecule has 2 aromatic heterocycles. The van der Waals surface area contributed by atoms with E-state index in [-0.39, 0.29) is 12.2 Å². The summed E-state index contributed by atoms with van der Waals surface area (Å²) in [7, 11) is 0. The Morgan fingerprint density at radius 2 is 1.72 bits per heavy atom. The monoisotopic (exact) mass is 388 g/mol. The summed E-state index contributed by atoms with van der Waals surface area (Å²) in [6.45, 7) is 3.49. The van der Waals surface area contributed by atoms with Crippen molar-refractivity contribution in [1.29, 1.82) is 0 Å². The maximum atomic E-state index is 13.1. The number of fused-ring (bicyclic) bond motifs is 1. The number of nitrogens with zero attached hydrogens (tertiary/aromatic N) is 4. The molecule has 29 heavy (non-hydrogen) atoms. The molecule has 0 N–H and O–H groups in total. The van der Waals surface area contributed by atoms with Crippen molar-refractivity contribution in [1.82, 2.24) is 19.3 Å². The van der Waals surface area contributed by atoms with Gasteiger partial charge >= 0.3 is 5.97 Å². The first-order valence-corrected chi connectivity index (χ1v) is 9.29. The normalized spacial score (nSPS) is 12.1. The molecule has 4 rings (SSSR count). The van der Waals surface area contributed by atoms with Gasteiger partial charge in [0.05, 0.1) is 11.9 Å². The van der Waals surface area contributed by atoms with Crippen LogP contribution in [0.4, 0.5) is 0 Å². The average molecular weight is 388 g/mol. The maximum Gasteiger partial charge on any atom is 0.329 e. The lowest BCUT2D eigenvalue weighted by Crippen LogP contribution is -2.31. The van der Waals surface area contributed by atoms with Crippen LogP contribution in [-0.2, 0) is 16.1 Å². The smallest absolute Gasteiger partial charge is 0.329 e. The van der Waals surface area contributed by atoms with Crippen molar-refractivity contribution in [2.75, 3.05) is 0 Å². The molecule has 1 unspecified atom stereocenters. The molecule has 0 bridgehead atoms. The molecule has 146 valence electrons. The molecular formula is C22H20N4O3. The van der Waals surface area contributed by atoms with E-state index in [2.05, 4.69) is 10.1 Å². The second kappa shape index (κ2) is 7.71. The van der Waals surface area contributed by atoms with Crippen LogP contribution < -0.4 is 5.56 Å². The summed E-state index contributed by atoms with van der Waals surface area (Å²) in [4.78, 5) is 30.2. The average Bonchev–Trinajstić information content (AvgIpc) is 3.17. The van der Waals surface area contributed by atoms with Gasteiger partial charge in [0, 0.05) is 0 Å². The fourth-order valence-electron chi connectivity index (χ4n) is 3.25. The Balaban J connectivity index is 1.65. The Labute approximate surface area is 167 Å². The van der Waals surface area contributed by atoms with E-state index in [1.54, 1.807) is 18.5 Å². The quantitative estimate of drug-likeness (QED) is 0.491. The van der Waals surface area contributed by atoms with E-state index in [0.717, 1.165) is 11.3 Å². The number of esters is 1. The zero-order chi connectivity index (χ0) is 20.4. The van der Waals surface area contributed by atoms with Crippen molar-refractivity contribution in [3.05, 3.63) is 88.6 Å². The molecule has 0 aliphatic rings. The first-order chi connectivity index (χ1) is 14.1. The molecule has 0 spiro atoms. The highest BCUT2D eigenvalue weighted by Crippen LogP contribution is 2.17. The molecule has 7 nitrogen and oxygen atoms in total. The molecule has 0 saturated carbocycles. The van der Waals surface area contributed by atoms with Gasteiger partial charge in [-0.1, -0.05) is 48.5 Å². The summed E-state index contributed by atoms with van der Waals surface area (Å²) in [5.74, 6) is -0.0694. The number of benzene rings is 2. The Morgan fingerprint density at radius 3 is 2.41 bits per heavy atom. The Bertz CT molecular complexity index is 1210. The number of carbonyl (C=O) groups is 1. The van der Waals surface area contributed by atoms with Crippen LogP contribution in [0.2, 0.25) is 0 Å². The van der Waals surface area contributed by atoms with Crippen molar-refractivity contribution in [2.24, 2.45) is 0 Å². The Hall–Kier alpha value is -3.74. The number of aromatic nitrogens is 4. The van der Waals surface area contributed by atoms with Gasteiger partial charge in [-0.05, 0) is 31.5 Å². The zero-order valence-electron chi connectivity index (χ0n) is 16.1. The standard InChI is InChI=1S/C22H20N4O3/c1-15(22(28)29-14-17-9-5-3-6-10-17)25-16(2)24-20-19(21(25)27)13-23-26(20)18-11-7-4-8-12-18/h3-13,15H,14H2,1-2H3. The van der Waals surface area contributed by atoms with E-state index < -0.39 is 12.0 Å². The molecular weight excluding hydrogens is 368 g/mol. The molecule has 1 atom stereocenters. The number of rotatable bonds is 5. The van der Waals surface area contributed by atoms with Crippen LogP contribution in [0.3, 0.4) is 0 Å². The molecule has 0 saturated heterocycles. The van der Waals surface area contributed by atoms with Crippen LogP contribution in [0, 0.1) is 6.92 Å². The van der Waals surface area contributed by atoms with Gasteiger partial charge < -0.3 is 4.74 Å². The summed E-state index contributed by atoms with van der Waals surface area (Å²) in [6, 6.07) is 18.1. The third kappa shape index (κ3) is 3.54. The second-order valence-corrected chi connectivity index (χ2v) is 6.73. The van der Waals surface area contributed by atoms with Crippen molar-refractivity contribution in [2.45, 2.75) is 26.5 Å². The van der Waals surface area contributed by atoms with E-state index in [9.17, 15) is 9.59 Å². The maximum absolute atomic E-state index is 13.1. The number of aryl methyl sites for hydroxylation is 1. The summed E-state index contributed by atoms with van der Waals surface area (Å²) < 4.78 is 8.36. The van der Waals surface area contributed by atoms with Gasteiger partial charge in [-0.25, -0.2) is 14.5 Å². The van der Waals surface area contributed by atoms with Gasteiger partial charge in [0.15, 0.2) is 5.65 Å². The number of hydrogen-bond donors (Lipinski definition) is 0. The largest absolute Gasteiger partial charge is 0.459 e. The second-order valence-electron chi connectivity index (χ2n) is 6.73. The molecule has 0 fully saturated rings. The third-order valence-electron chi connectivity index (χ3n) is 4.76. The third-order valence-corrected chi connectivity index (χ3v) is 4.76. The number of ether oxygens (including phenoxy) is 1. The number of para-hydroxylation sites is 1. The highest BCUT2D eigenvalue weighted by atomic mass is 16.5. The number of hydrogen-bond acceptors (Lipinski definition) is 5. The van der Waals surface area contributed by atoms with Crippen LogP contribution in [0.5, 0.6) is 0 Å². The predicted octanol–water partition coefficient (Wildman–Crippen LogP) is 3.20. The topological polar surface area (TPSA) is 79.0 Å². The van der Waals surface area contributed by atoms with E-state index in [1.807, 2.05) is 60.7 Å². The molecule has 0 radical (unpaired) electrons. The summed E-state index contributed by atoms with van der Waals surface area (Å²) in [5, 5.41) is 4.66. The van der Waals surface area contributed by atoms with Crippen LogP contribution in [-0.4, -0.2) is 25.3 Å². The number of carbonyl (C=O) groups excluding carboxylic acids is 1. The zero-order valence-corrected chi connectivity index (χ0v) is 16.1. The minimum absolute atomic E-state index is 0.152. The molecule has 0 aliphatic heterocycles. The SMILES string of the molecule is Cc1nc2c(cnn2-c2ccccc2)c(=O)n1C(C)C(=O)OCc1ccccc1. The van der Waals surface area contributed by atoms with Crippen molar-refractivity contribution >= 4 is 17.0 Å². The first kappa shape index (κ1) is 18.6. The van der Waals surface area contributed by atoms with Crippen LogP contribution in [0.15, 0.2) is 71.7 Å². The summed E-state index contributed by atoms with van der Waals surface area (Å²) in [6.07, 6.45) is 1.48. The first-order valence-electron chi connectivity index (χ1n) is 9.29. The van der Waals surface area contributed by atoms with Gasteiger partial charge in [-0.15, -0.1) is 0 Å². The molecule has 4 aromatic rings. The van der Waals surface area contributed by atoms with Gasteiger partial charge in [0.25, 0.3) is 5.56 Å². The molecule has 2 aromatic carbocycles.